The minimum absolute atomic E-state index is 0.0278. The molecule has 0 aromatic carbocycles. The van der Waals surface area contributed by atoms with Crippen LogP contribution in [-0.4, -0.2) is 48.8 Å². The van der Waals surface area contributed by atoms with Gasteiger partial charge in [-0.25, -0.2) is 0 Å². The Kier molecular flexibility index (Phi) is 32.8. The van der Waals surface area contributed by atoms with Crippen LogP contribution in [0, 0.1) is 0 Å². The van der Waals surface area contributed by atoms with Gasteiger partial charge < -0.3 is 19.7 Å². The van der Waals surface area contributed by atoms with Crippen molar-refractivity contribution in [3.8, 4) is 0 Å². The molecule has 0 fully saturated rings. The number of hydrogen-bond acceptors (Lipinski definition) is 4. The van der Waals surface area contributed by atoms with Gasteiger partial charge >= 0.3 is 0 Å². The number of aliphatic hydroxyl groups excluding tert-OH is 2. The molecule has 0 saturated carbocycles. The molecule has 0 heterocycles. The van der Waals surface area contributed by atoms with E-state index in [1.54, 1.807) is 0 Å². The fourth-order valence-electron chi connectivity index (χ4n) is 3.88. The second-order valence-corrected chi connectivity index (χ2v) is 9.13. The van der Waals surface area contributed by atoms with Gasteiger partial charge in [0.05, 0.1) is 38.6 Å². The molecule has 196 valence electrons. The Hall–Kier alpha value is -0.160. The van der Waals surface area contributed by atoms with Crippen LogP contribution >= 0.6 is 0 Å². The molecule has 0 radical (unpaired) electrons. The molecular weight excluding hydrogens is 400 g/mol. The first-order chi connectivity index (χ1) is 15.7. The average molecular weight is 461 g/mol. The van der Waals surface area contributed by atoms with Gasteiger partial charge in [0.15, 0.2) is 0 Å². The van der Waals surface area contributed by atoms with Gasteiger partial charge in [0.25, 0.3) is 0 Å². The van der Waals surface area contributed by atoms with E-state index in [4.69, 9.17) is 14.9 Å². The lowest BCUT2D eigenvalue weighted by Gasteiger charge is -2.25. The van der Waals surface area contributed by atoms with Crippen LogP contribution in [0.5, 0.6) is 0 Å². The Morgan fingerprint density at radius 2 is 0.812 bits per heavy atom. The summed E-state index contributed by atoms with van der Waals surface area (Å²) in [6, 6.07) is 0. The zero-order chi connectivity index (χ0) is 24.1. The molecule has 2 N–H and O–H groups in total. The minimum atomic E-state index is 0.0278. The maximum Gasteiger partial charge on any atom is 0.0698 e. The van der Waals surface area contributed by atoms with E-state index in [0.717, 1.165) is 0 Å². The van der Waals surface area contributed by atoms with Crippen LogP contribution in [0.4, 0.5) is 0 Å². The first-order valence-corrected chi connectivity index (χ1v) is 14.1. The highest BCUT2D eigenvalue weighted by Gasteiger charge is 2.16. The minimum Gasteiger partial charge on any atom is -0.394 e. The van der Waals surface area contributed by atoms with Crippen molar-refractivity contribution in [3.05, 3.63) is 0 Å². The van der Waals surface area contributed by atoms with Crippen molar-refractivity contribution < 1.29 is 19.7 Å². The molecular formula is C28H60O4. The predicted octanol–water partition coefficient (Wildman–Crippen LogP) is 7.83. The number of aliphatic hydroxyl groups is 2. The monoisotopic (exact) mass is 460 g/mol. The molecule has 32 heavy (non-hydrogen) atoms. The van der Waals surface area contributed by atoms with Gasteiger partial charge in [-0.3, -0.25) is 0 Å². The molecule has 4 heteroatoms. The molecule has 0 saturated heterocycles. The zero-order valence-electron chi connectivity index (χ0n) is 22.4. The highest BCUT2D eigenvalue weighted by molar-refractivity contribution is 4.66. The van der Waals surface area contributed by atoms with Gasteiger partial charge in [-0.15, -0.1) is 0 Å². The first-order valence-electron chi connectivity index (χ1n) is 14.1. The van der Waals surface area contributed by atoms with Crippen LogP contribution in [0.15, 0.2) is 0 Å². The fraction of sp³-hybridized carbons (Fsp3) is 1.00. The van der Waals surface area contributed by atoms with Crippen molar-refractivity contribution in [2.75, 3.05) is 26.4 Å². The Balaban J connectivity index is 0. The second-order valence-electron chi connectivity index (χ2n) is 9.13. The van der Waals surface area contributed by atoms with Crippen LogP contribution in [-0.2, 0) is 9.47 Å². The van der Waals surface area contributed by atoms with Crippen molar-refractivity contribution in [1.29, 1.82) is 0 Å². The molecule has 4 nitrogen and oxygen atoms in total. The van der Waals surface area contributed by atoms with E-state index >= 15 is 0 Å². The Morgan fingerprint density at radius 1 is 0.469 bits per heavy atom. The summed E-state index contributed by atoms with van der Waals surface area (Å²) < 4.78 is 11.3. The topological polar surface area (TPSA) is 58.9 Å². The summed E-state index contributed by atoms with van der Waals surface area (Å²) in [4.78, 5) is 0. The molecule has 0 aliphatic carbocycles. The quantitative estimate of drug-likeness (QED) is 0.144. The van der Waals surface area contributed by atoms with E-state index in [1.165, 1.54) is 116 Å². The predicted molar refractivity (Wildman–Crippen MR) is 139 cm³/mol. The summed E-state index contributed by atoms with van der Waals surface area (Å²) in [5.74, 6) is 0. The summed E-state index contributed by atoms with van der Waals surface area (Å²) in [5.41, 5.74) is 0. The lowest BCUT2D eigenvalue weighted by atomic mass is 10.0. The van der Waals surface area contributed by atoms with Crippen molar-refractivity contribution in [2.24, 2.45) is 0 Å². The van der Waals surface area contributed by atoms with E-state index in [1.807, 2.05) is 0 Å². The molecule has 0 rings (SSSR count). The van der Waals surface area contributed by atoms with Crippen molar-refractivity contribution in [2.45, 2.75) is 155 Å². The van der Waals surface area contributed by atoms with Gasteiger partial charge in [-0.05, 0) is 25.7 Å². The van der Waals surface area contributed by atoms with E-state index in [2.05, 4.69) is 32.4 Å². The molecule has 2 unspecified atom stereocenters. The van der Waals surface area contributed by atoms with Crippen LogP contribution in [0.25, 0.3) is 0 Å². The maximum absolute atomic E-state index is 8.09. The third-order valence-corrected chi connectivity index (χ3v) is 5.87. The van der Waals surface area contributed by atoms with E-state index in [0.29, 0.717) is 25.4 Å². The highest BCUT2D eigenvalue weighted by atomic mass is 16.5. The van der Waals surface area contributed by atoms with Gasteiger partial charge in [-0.2, -0.15) is 0 Å². The molecule has 2 atom stereocenters. The summed E-state index contributed by atoms with van der Waals surface area (Å²) in [5, 5.41) is 16.2. The SMILES string of the molecule is CCCCCCCC(CCCC)OC(CCCC)CCCCCCC.OCCOCCO. The summed E-state index contributed by atoms with van der Waals surface area (Å²) in [7, 11) is 0. The average Bonchev–Trinajstić information content (AvgIpc) is 2.81. The maximum atomic E-state index is 8.09. The second kappa shape index (κ2) is 30.8. The molecule has 0 bridgehead atoms. The molecule has 0 spiro atoms. The first kappa shape index (κ1) is 34.0. The highest BCUT2D eigenvalue weighted by Crippen LogP contribution is 2.21. The Bertz CT molecular complexity index is 284. The summed E-state index contributed by atoms with van der Waals surface area (Å²) in [6.45, 7) is 9.90. The fourth-order valence-corrected chi connectivity index (χ4v) is 3.88. The molecule has 0 aliphatic rings. The van der Waals surface area contributed by atoms with Gasteiger partial charge in [0, 0.05) is 0 Å². The third kappa shape index (κ3) is 27.9. The number of ether oxygens (including phenoxy) is 2. The number of rotatable bonds is 24. The van der Waals surface area contributed by atoms with Crippen molar-refractivity contribution >= 4 is 0 Å². The van der Waals surface area contributed by atoms with Crippen LogP contribution in [0.1, 0.15) is 143 Å². The lowest BCUT2D eigenvalue weighted by molar-refractivity contribution is -0.0320. The van der Waals surface area contributed by atoms with E-state index in [-0.39, 0.29) is 13.2 Å². The van der Waals surface area contributed by atoms with Crippen LogP contribution < -0.4 is 0 Å². The third-order valence-electron chi connectivity index (χ3n) is 5.87. The summed E-state index contributed by atoms with van der Waals surface area (Å²) >= 11 is 0. The standard InChI is InChI=1S/C24H50O.C4H10O3/c1-5-9-13-15-17-21-23(19-11-7-3)25-24(20-12-8-4)22-18-16-14-10-6-2;5-1-3-7-4-2-6/h23-24H,5-22H2,1-4H3;5-6H,1-4H2. The van der Waals surface area contributed by atoms with Crippen molar-refractivity contribution in [1.82, 2.24) is 0 Å². The van der Waals surface area contributed by atoms with E-state index in [9.17, 15) is 0 Å². The van der Waals surface area contributed by atoms with Crippen LogP contribution in [0.2, 0.25) is 0 Å². The van der Waals surface area contributed by atoms with Gasteiger partial charge in [0.1, 0.15) is 0 Å². The van der Waals surface area contributed by atoms with Crippen molar-refractivity contribution in [3.63, 3.8) is 0 Å². The number of unbranched alkanes of at least 4 members (excludes halogenated alkanes) is 10. The molecule has 0 aromatic heterocycles. The number of hydrogen-bond donors (Lipinski definition) is 2. The zero-order valence-corrected chi connectivity index (χ0v) is 22.4. The lowest BCUT2D eigenvalue weighted by Crippen LogP contribution is -2.23. The smallest absolute Gasteiger partial charge is 0.0698 e. The Labute approximate surface area is 201 Å². The van der Waals surface area contributed by atoms with E-state index < -0.39 is 0 Å². The normalized spacial score (nSPS) is 12.9. The molecule has 0 amide bonds. The molecule has 0 aliphatic heterocycles. The van der Waals surface area contributed by atoms with Gasteiger partial charge in [0.2, 0.25) is 0 Å². The van der Waals surface area contributed by atoms with Crippen LogP contribution in [0.3, 0.4) is 0 Å². The summed E-state index contributed by atoms with van der Waals surface area (Å²) in [6.07, 6.45) is 25.3. The van der Waals surface area contributed by atoms with Gasteiger partial charge in [-0.1, -0.05) is 118 Å². The Morgan fingerprint density at radius 3 is 1.16 bits per heavy atom. The molecule has 0 aromatic rings. The largest absolute Gasteiger partial charge is 0.394 e.